The van der Waals surface area contributed by atoms with Gasteiger partial charge in [-0.2, -0.15) is 0 Å². The van der Waals surface area contributed by atoms with Gasteiger partial charge in [-0.3, -0.25) is 14.5 Å². The lowest BCUT2D eigenvalue weighted by Crippen LogP contribution is -2.58. The van der Waals surface area contributed by atoms with Crippen molar-refractivity contribution in [1.82, 2.24) is 9.80 Å². The largest absolute Gasteiger partial charge is 0.366 e. The van der Waals surface area contributed by atoms with E-state index in [9.17, 15) is 9.59 Å². The Morgan fingerprint density at radius 1 is 1.15 bits per heavy atom. The average Bonchev–Trinajstić information content (AvgIpc) is 3.40. The molecule has 1 aromatic carbocycles. The molecule has 3 aliphatic rings. The SMILES string of the molecule is CCC1CN(C2CCC2)CCN1C(=O)C1CC1c1ccc(C(N)=O)cc1. The third-order valence-electron chi connectivity index (χ3n) is 6.59. The van der Waals surface area contributed by atoms with Crippen molar-refractivity contribution in [2.75, 3.05) is 19.6 Å². The lowest BCUT2D eigenvalue weighted by atomic mass is 9.90. The number of amides is 2. The van der Waals surface area contributed by atoms with Gasteiger partial charge in [-0.25, -0.2) is 0 Å². The Bertz CT molecular complexity index is 683. The van der Waals surface area contributed by atoms with Crippen LogP contribution in [0.15, 0.2) is 24.3 Å². The van der Waals surface area contributed by atoms with Crippen molar-refractivity contribution >= 4 is 11.8 Å². The van der Waals surface area contributed by atoms with E-state index in [1.165, 1.54) is 19.3 Å². The molecule has 2 amide bonds. The van der Waals surface area contributed by atoms with Gasteiger partial charge in [0, 0.05) is 43.2 Å². The van der Waals surface area contributed by atoms with E-state index in [-0.39, 0.29) is 5.92 Å². The molecule has 3 atom stereocenters. The molecule has 26 heavy (non-hydrogen) atoms. The Morgan fingerprint density at radius 3 is 2.46 bits per heavy atom. The molecule has 5 heteroatoms. The Labute approximate surface area is 155 Å². The highest BCUT2D eigenvalue weighted by molar-refractivity contribution is 5.92. The quantitative estimate of drug-likeness (QED) is 0.882. The highest BCUT2D eigenvalue weighted by Crippen LogP contribution is 2.49. The van der Waals surface area contributed by atoms with E-state index in [1.54, 1.807) is 12.1 Å². The summed E-state index contributed by atoms with van der Waals surface area (Å²) in [4.78, 5) is 29.0. The first-order chi connectivity index (χ1) is 12.6. The topological polar surface area (TPSA) is 66.6 Å². The fourth-order valence-electron chi connectivity index (χ4n) is 4.55. The van der Waals surface area contributed by atoms with Crippen molar-refractivity contribution in [3.05, 3.63) is 35.4 Å². The number of hydrogen-bond acceptors (Lipinski definition) is 3. The normalized spacial score (nSPS) is 29.3. The summed E-state index contributed by atoms with van der Waals surface area (Å²) in [5.41, 5.74) is 6.97. The molecule has 0 aromatic heterocycles. The summed E-state index contributed by atoms with van der Waals surface area (Å²) in [5, 5.41) is 0. The van der Waals surface area contributed by atoms with E-state index >= 15 is 0 Å². The smallest absolute Gasteiger partial charge is 0.248 e. The van der Waals surface area contributed by atoms with Gasteiger partial charge in [-0.15, -0.1) is 0 Å². The summed E-state index contributed by atoms with van der Waals surface area (Å²) in [6, 6.07) is 8.55. The molecule has 5 nitrogen and oxygen atoms in total. The van der Waals surface area contributed by atoms with E-state index in [4.69, 9.17) is 5.73 Å². The Balaban J connectivity index is 1.38. The zero-order chi connectivity index (χ0) is 18.3. The number of primary amides is 1. The minimum absolute atomic E-state index is 0.110. The Kier molecular flexibility index (Phi) is 4.74. The molecule has 2 saturated carbocycles. The fraction of sp³-hybridized carbons (Fsp3) is 0.619. The second-order valence-electron chi connectivity index (χ2n) is 8.11. The first kappa shape index (κ1) is 17.5. The van der Waals surface area contributed by atoms with E-state index in [0.717, 1.165) is 44.1 Å². The summed E-state index contributed by atoms with van der Waals surface area (Å²) >= 11 is 0. The van der Waals surface area contributed by atoms with Crippen molar-refractivity contribution in [2.24, 2.45) is 11.7 Å². The van der Waals surface area contributed by atoms with Crippen LogP contribution in [-0.2, 0) is 4.79 Å². The number of rotatable bonds is 5. The monoisotopic (exact) mass is 355 g/mol. The molecule has 3 unspecified atom stereocenters. The lowest BCUT2D eigenvalue weighted by molar-refractivity contribution is -0.138. The molecule has 2 aliphatic carbocycles. The van der Waals surface area contributed by atoms with Crippen molar-refractivity contribution in [3.63, 3.8) is 0 Å². The molecule has 0 spiro atoms. The first-order valence-electron chi connectivity index (χ1n) is 10.0. The van der Waals surface area contributed by atoms with Crippen LogP contribution in [0.4, 0.5) is 0 Å². The molecule has 0 bridgehead atoms. The minimum Gasteiger partial charge on any atom is -0.366 e. The number of piperazine rings is 1. The van der Waals surface area contributed by atoms with Crippen LogP contribution >= 0.6 is 0 Å². The molecule has 4 rings (SSSR count). The number of nitrogens with zero attached hydrogens (tertiary/aromatic N) is 2. The third kappa shape index (κ3) is 3.25. The highest BCUT2D eigenvalue weighted by Gasteiger charge is 2.47. The first-order valence-corrected chi connectivity index (χ1v) is 10.0. The second kappa shape index (κ2) is 7.03. The van der Waals surface area contributed by atoms with Crippen molar-refractivity contribution in [1.29, 1.82) is 0 Å². The van der Waals surface area contributed by atoms with Gasteiger partial charge in [-0.05, 0) is 49.3 Å². The molecule has 0 radical (unpaired) electrons. The zero-order valence-electron chi connectivity index (χ0n) is 15.6. The third-order valence-corrected chi connectivity index (χ3v) is 6.59. The fourth-order valence-corrected chi connectivity index (χ4v) is 4.55. The van der Waals surface area contributed by atoms with Crippen LogP contribution in [0.1, 0.15) is 60.9 Å². The van der Waals surface area contributed by atoms with Crippen LogP contribution in [0.5, 0.6) is 0 Å². The number of benzene rings is 1. The predicted molar refractivity (Wildman–Crippen MR) is 101 cm³/mol. The second-order valence-corrected chi connectivity index (χ2v) is 8.11. The number of nitrogens with two attached hydrogens (primary N) is 1. The number of carbonyl (C=O) groups is 2. The van der Waals surface area contributed by atoms with Gasteiger partial charge in [0.15, 0.2) is 0 Å². The average molecular weight is 355 g/mol. The molecule has 1 saturated heterocycles. The van der Waals surface area contributed by atoms with Gasteiger partial charge in [0.1, 0.15) is 0 Å². The standard InChI is InChI=1S/C21H29N3O2/c1-2-16-13-23(17-4-3-5-17)10-11-24(16)21(26)19-12-18(19)14-6-8-15(9-7-14)20(22)25/h6-9,16-19H,2-5,10-13H2,1H3,(H2,22,25). The zero-order valence-corrected chi connectivity index (χ0v) is 15.6. The maximum atomic E-state index is 13.1. The van der Waals surface area contributed by atoms with Crippen LogP contribution in [0.25, 0.3) is 0 Å². The number of carbonyl (C=O) groups excluding carboxylic acids is 2. The molecule has 140 valence electrons. The molecule has 2 N–H and O–H groups in total. The van der Waals surface area contributed by atoms with E-state index < -0.39 is 5.91 Å². The summed E-state index contributed by atoms with van der Waals surface area (Å²) in [5.74, 6) is 0.328. The molecule has 3 fully saturated rings. The van der Waals surface area contributed by atoms with Gasteiger partial charge < -0.3 is 10.6 Å². The summed E-state index contributed by atoms with van der Waals surface area (Å²) in [6.45, 7) is 5.13. The molecule has 1 heterocycles. The van der Waals surface area contributed by atoms with Gasteiger partial charge >= 0.3 is 0 Å². The highest BCUT2D eigenvalue weighted by atomic mass is 16.2. The number of hydrogen-bond donors (Lipinski definition) is 1. The van der Waals surface area contributed by atoms with E-state index in [0.29, 0.717) is 23.4 Å². The van der Waals surface area contributed by atoms with Crippen molar-refractivity contribution in [3.8, 4) is 0 Å². The Hall–Kier alpha value is -1.88. The van der Waals surface area contributed by atoms with Crippen molar-refractivity contribution in [2.45, 2.75) is 57.0 Å². The molecule has 1 aliphatic heterocycles. The van der Waals surface area contributed by atoms with Crippen LogP contribution in [-0.4, -0.2) is 53.3 Å². The summed E-state index contributed by atoms with van der Waals surface area (Å²) in [6.07, 6.45) is 5.97. The van der Waals surface area contributed by atoms with Crippen LogP contribution in [0, 0.1) is 5.92 Å². The summed E-state index contributed by atoms with van der Waals surface area (Å²) in [7, 11) is 0. The van der Waals surface area contributed by atoms with Gasteiger partial charge in [0.25, 0.3) is 0 Å². The van der Waals surface area contributed by atoms with Gasteiger partial charge in [0.05, 0.1) is 0 Å². The van der Waals surface area contributed by atoms with Gasteiger partial charge in [0.2, 0.25) is 11.8 Å². The molecular formula is C21H29N3O2. The maximum absolute atomic E-state index is 13.1. The van der Waals surface area contributed by atoms with Crippen LogP contribution in [0.2, 0.25) is 0 Å². The van der Waals surface area contributed by atoms with Gasteiger partial charge in [-0.1, -0.05) is 25.5 Å². The lowest BCUT2D eigenvalue weighted by Gasteiger charge is -2.47. The Morgan fingerprint density at radius 2 is 1.88 bits per heavy atom. The van der Waals surface area contributed by atoms with Crippen LogP contribution in [0.3, 0.4) is 0 Å². The summed E-state index contributed by atoms with van der Waals surface area (Å²) < 4.78 is 0. The van der Waals surface area contributed by atoms with Crippen molar-refractivity contribution < 1.29 is 9.59 Å². The molecular weight excluding hydrogens is 326 g/mol. The van der Waals surface area contributed by atoms with E-state index in [2.05, 4.69) is 16.7 Å². The minimum atomic E-state index is -0.407. The van der Waals surface area contributed by atoms with Crippen LogP contribution < -0.4 is 5.73 Å². The molecule has 1 aromatic rings. The predicted octanol–water partition coefficient (Wildman–Crippen LogP) is 2.36. The maximum Gasteiger partial charge on any atom is 0.248 e. The van der Waals surface area contributed by atoms with E-state index in [1.807, 2.05) is 12.1 Å².